The van der Waals surface area contributed by atoms with E-state index in [0.29, 0.717) is 12.8 Å². The summed E-state index contributed by atoms with van der Waals surface area (Å²) in [5, 5.41) is 14.0. The predicted molar refractivity (Wildman–Crippen MR) is 64.1 cm³/mol. The van der Waals surface area contributed by atoms with Crippen LogP contribution in [0.15, 0.2) is 0 Å². The highest BCUT2D eigenvalue weighted by molar-refractivity contribution is 5.84. The molecule has 7 nitrogen and oxygen atoms in total. The lowest BCUT2D eigenvalue weighted by Gasteiger charge is -2.42. The third-order valence-corrected chi connectivity index (χ3v) is 3.18. The van der Waals surface area contributed by atoms with Gasteiger partial charge in [0.25, 0.3) is 0 Å². The summed E-state index contributed by atoms with van der Waals surface area (Å²) in [6.07, 6.45) is 2.16. The van der Waals surface area contributed by atoms with Gasteiger partial charge in [-0.25, -0.2) is 4.79 Å². The quantitative estimate of drug-likeness (QED) is 0.633. The normalized spacial score (nSPS) is 16.3. The van der Waals surface area contributed by atoms with Crippen LogP contribution in [0.1, 0.15) is 25.7 Å². The monoisotopic (exact) mass is 257 g/mol. The zero-order chi connectivity index (χ0) is 13.8. The molecule has 0 spiro atoms. The molecule has 18 heavy (non-hydrogen) atoms. The maximum absolute atomic E-state index is 11.8. The SMILES string of the molecule is CNC(=O)CN(C)C(=O)NC1(CC(=O)O)CCC1. The minimum Gasteiger partial charge on any atom is -0.481 e. The van der Waals surface area contributed by atoms with Crippen LogP contribution in [0.4, 0.5) is 4.79 Å². The second-order valence-corrected chi connectivity index (χ2v) is 4.66. The number of aliphatic carboxylic acids is 1. The third-order valence-electron chi connectivity index (χ3n) is 3.18. The van der Waals surface area contributed by atoms with E-state index < -0.39 is 17.5 Å². The molecule has 0 aromatic rings. The molecule has 1 aliphatic rings. The molecule has 0 bridgehead atoms. The molecule has 3 N–H and O–H groups in total. The van der Waals surface area contributed by atoms with Crippen LogP contribution < -0.4 is 10.6 Å². The highest BCUT2D eigenvalue weighted by atomic mass is 16.4. The van der Waals surface area contributed by atoms with Crippen LogP contribution in [0.2, 0.25) is 0 Å². The highest BCUT2D eigenvalue weighted by Crippen LogP contribution is 2.34. The number of carbonyl (C=O) groups is 3. The first-order valence-corrected chi connectivity index (χ1v) is 5.84. The van der Waals surface area contributed by atoms with Crippen molar-refractivity contribution in [3.8, 4) is 0 Å². The van der Waals surface area contributed by atoms with Gasteiger partial charge in [0.2, 0.25) is 5.91 Å². The van der Waals surface area contributed by atoms with Crippen LogP contribution in [-0.4, -0.2) is 54.1 Å². The van der Waals surface area contributed by atoms with Gasteiger partial charge in [0.05, 0.1) is 12.0 Å². The summed E-state index contributed by atoms with van der Waals surface area (Å²) in [5.74, 6) is -1.20. The fourth-order valence-electron chi connectivity index (χ4n) is 1.93. The number of hydrogen-bond acceptors (Lipinski definition) is 3. The summed E-state index contributed by atoms with van der Waals surface area (Å²) in [5.41, 5.74) is -0.639. The van der Waals surface area contributed by atoms with E-state index in [2.05, 4.69) is 10.6 Å². The maximum Gasteiger partial charge on any atom is 0.318 e. The number of likely N-dealkylation sites (N-methyl/N-ethyl adjacent to an activating group) is 2. The van der Waals surface area contributed by atoms with Crippen molar-refractivity contribution in [1.29, 1.82) is 0 Å². The van der Waals surface area contributed by atoms with Gasteiger partial charge in [0, 0.05) is 14.1 Å². The van der Waals surface area contributed by atoms with Crippen LogP contribution in [0, 0.1) is 0 Å². The molecule has 0 aromatic carbocycles. The summed E-state index contributed by atoms with van der Waals surface area (Å²) in [6, 6.07) is -0.417. The second kappa shape index (κ2) is 5.70. The molecule has 0 radical (unpaired) electrons. The smallest absolute Gasteiger partial charge is 0.318 e. The van der Waals surface area contributed by atoms with Gasteiger partial charge in [-0.15, -0.1) is 0 Å². The van der Waals surface area contributed by atoms with Gasteiger partial charge in [-0.3, -0.25) is 9.59 Å². The first kappa shape index (κ1) is 14.3. The van der Waals surface area contributed by atoms with Crippen LogP contribution in [-0.2, 0) is 9.59 Å². The third kappa shape index (κ3) is 3.61. The minimum atomic E-state index is -0.927. The molecule has 3 amide bonds. The van der Waals surface area contributed by atoms with E-state index >= 15 is 0 Å². The zero-order valence-electron chi connectivity index (χ0n) is 10.7. The van der Waals surface area contributed by atoms with Gasteiger partial charge in [-0.1, -0.05) is 0 Å². The van der Waals surface area contributed by atoms with Gasteiger partial charge in [-0.05, 0) is 19.3 Å². The first-order chi connectivity index (χ1) is 8.38. The molecule has 1 fully saturated rings. The van der Waals surface area contributed by atoms with E-state index in [1.165, 1.54) is 19.0 Å². The van der Waals surface area contributed by atoms with E-state index in [-0.39, 0.29) is 18.9 Å². The molecule has 0 atom stereocenters. The molecule has 0 heterocycles. The van der Waals surface area contributed by atoms with Gasteiger partial charge < -0.3 is 20.6 Å². The van der Waals surface area contributed by atoms with E-state index in [1.807, 2.05) is 0 Å². The Balaban J connectivity index is 2.51. The number of carboxylic acids is 1. The van der Waals surface area contributed by atoms with Crippen molar-refractivity contribution in [3.05, 3.63) is 0 Å². The Bertz CT molecular complexity index is 352. The number of carbonyl (C=O) groups excluding carboxylic acids is 2. The summed E-state index contributed by atoms with van der Waals surface area (Å²) in [7, 11) is 2.99. The second-order valence-electron chi connectivity index (χ2n) is 4.66. The van der Waals surface area contributed by atoms with Crippen LogP contribution in [0.3, 0.4) is 0 Å². The van der Waals surface area contributed by atoms with Crippen LogP contribution in [0.25, 0.3) is 0 Å². The van der Waals surface area contributed by atoms with Crippen LogP contribution in [0.5, 0.6) is 0 Å². The Morgan fingerprint density at radius 2 is 1.94 bits per heavy atom. The average molecular weight is 257 g/mol. The zero-order valence-corrected chi connectivity index (χ0v) is 10.7. The van der Waals surface area contributed by atoms with Gasteiger partial charge in [0.1, 0.15) is 6.54 Å². The van der Waals surface area contributed by atoms with Gasteiger partial charge in [-0.2, -0.15) is 0 Å². The van der Waals surface area contributed by atoms with Crippen molar-refractivity contribution < 1.29 is 19.5 Å². The highest BCUT2D eigenvalue weighted by Gasteiger charge is 2.40. The van der Waals surface area contributed by atoms with Crippen molar-refractivity contribution in [1.82, 2.24) is 15.5 Å². The van der Waals surface area contributed by atoms with Crippen molar-refractivity contribution >= 4 is 17.9 Å². The molecule has 1 rings (SSSR count). The number of nitrogens with one attached hydrogen (secondary N) is 2. The number of nitrogens with zero attached hydrogens (tertiary/aromatic N) is 1. The van der Waals surface area contributed by atoms with E-state index in [4.69, 9.17) is 5.11 Å². The van der Waals surface area contributed by atoms with E-state index in [9.17, 15) is 14.4 Å². The molecule has 1 aliphatic carbocycles. The molecular weight excluding hydrogens is 238 g/mol. The number of rotatable bonds is 5. The largest absolute Gasteiger partial charge is 0.481 e. The molecule has 1 saturated carbocycles. The van der Waals surface area contributed by atoms with Gasteiger partial charge >= 0.3 is 12.0 Å². The standard InChI is InChI=1S/C11H19N3O4/c1-12-8(15)7-14(2)10(18)13-11(4-3-5-11)6-9(16)17/h3-7H2,1-2H3,(H,12,15)(H,13,18)(H,16,17). The Morgan fingerprint density at radius 3 is 2.33 bits per heavy atom. The maximum atomic E-state index is 11.8. The lowest BCUT2D eigenvalue weighted by atomic mass is 9.74. The Labute approximate surface area is 106 Å². The fourth-order valence-corrected chi connectivity index (χ4v) is 1.93. The van der Waals surface area contributed by atoms with Crippen molar-refractivity contribution in [3.63, 3.8) is 0 Å². The van der Waals surface area contributed by atoms with Gasteiger partial charge in [0.15, 0.2) is 0 Å². The predicted octanol–water partition coefficient (Wildman–Crippen LogP) is -0.229. The molecule has 0 aromatic heterocycles. The first-order valence-electron chi connectivity index (χ1n) is 5.84. The Kier molecular flexibility index (Phi) is 4.52. The van der Waals surface area contributed by atoms with E-state index in [0.717, 1.165) is 6.42 Å². The number of urea groups is 1. The molecular formula is C11H19N3O4. The minimum absolute atomic E-state index is 0.0501. The molecule has 7 heteroatoms. The van der Waals surface area contributed by atoms with E-state index in [1.54, 1.807) is 0 Å². The van der Waals surface area contributed by atoms with Crippen molar-refractivity contribution in [2.75, 3.05) is 20.6 Å². The summed E-state index contributed by atoms with van der Waals surface area (Å²) < 4.78 is 0. The topological polar surface area (TPSA) is 98.7 Å². The number of amides is 3. The Hall–Kier alpha value is -1.79. The summed E-state index contributed by atoms with van der Waals surface area (Å²) in [6.45, 7) is -0.0501. The summed E-state index contributed by atoms with van der Waals surface area (Å²) in [4.78, 5) is 34.9. The van der Waals surface area contributed by atoms with Crippen molar-refractivity contribution in [2.24, 2.45) is 0 Å². The molecule has 0 aliphatic heterocycles. The average Bonchev–Trinajstić information content (AvgIpc) is 2.24. The molecule has 0 saturated heterocycles. The summed E-state index contributed by atoms with van der Waals surface area (Å²) >= 11 is 0. The van der Waals surface area contributed by atoms with Crippen LogP contribution >= 0.6 is 0 Å². The molecule has 102 valence electrons. The Morgan fingerprint density at radius 1 is 1.33 bits per heavy atom. The number of hydrogen-bond donors (Lipinski definition) is 3. The lowest BCUT2D eigenvalue weighted by Crippen LogP contribution is -2.58. The fraction of sp³-hybridized carbons (Fsp3) is 0.727. The lowest BCUT2D eigenvalue weighted by molar-refractivity contribution is -0.139. The molecule has 0 unspecified atom stereocenters. The number of carboxylic acid groups (broad SMARTS) is 1. The van der Waals surface area contributed by atoms with Crippen molar-refractivity contribution in [2.45, 2.75) is 31.2 Å².